The number of hydrogen-bond donors (Lipinski definition) is 0. The molecular formula is C9H14BrN. The van der Waals surface area contributed by atoms with Gasteiger partial charge in [-0.3, -0.25) is 0 Å². The Bertz CT molecular complexity index is 184. The summed E-state index contributed by atoms with van der Waals surface area (Å²) in [6.45, 7) is 4.38. The largest absolute Gasteiger partial charge is 0.197 e. The first-order valence-electron chi connectivity index (χ1n) is 4.18. The van der Waals surface area contributed by atoms with Gasteiger partial charge in [0.15, 0.2) is 0 Å². The van der Waals surface area contributed by atoms with E-state index in [1.54, 1.807) is 0 Å². The first-order chi connectivity index (χ1) is 5.08. The summed E-state index contributed by atoms with van der Waals surface area (Å²) in [4.78, 5) is 0. The average molecular weight is 216 g/mol. The monoisotopic (exact) mass is 215 g/mol. The standard InChI is InChI=1S/C9H14BrN/c1-7-3-4-8(2)9(10,5-7)6-11/h7-8H,3-5H2,1-2H3. The van der Waals surface area contributed by atoms with Crippen LogP contribution in [-0.2, 0) is 0 Å². The Morgan fingerprint density at radius 2 is 2.09 bits per heavy atom. The van der Waals surface area contributed by atoms with Crippen LogP contribution >= 0.6 is 15.9 Å². The Morgan fingerprint density at radius 1 is 1.45 bits per heavy atom. The number of hydrogen-bond acceptors (Lipinski definition) is 1. The first-order valence-corrected chi connectivity index (χ1v) is 4.98. The Labute approximate surface area is 76.9 Å². The molecule has 1 aliphatic rings. The molecule has 1 aliphatic carbocycles. The average Bonchev–Trinajstić information content (AvgIpc) is 1.98. The van der Waals surface area contributed by atoms with E-state index in [9.17, 15) is 0 Å². The molecule has 0 N–H and O–H groups in total. The highest BCUT2D eigenvalue weighted by molar-refractivity contribution is 9.10. The lowest BCUT2D eigenvalue weighted by atomic mass is 9.76. The molecule has 0 saturated heterocycles. The molecule has 0 amide bonds. The lowest BCUT2D eigenvalue weighted by Gasteiger charge is -2.35. The molecule has 62 valence electrons. The van der Waals surface area contributed by atoms with Gasteiger partial charge in [-0.1, -0.05) is 36.2 Å². The van der Waals surface area contributed by atoms with Crippen LogP contribution in [0.2, 0.25) is 0 Å². The van der Waals surface area contributed by atoms with E-state index in [0.717, 1.165) is 6.42 Å². The van der Waals surface area contributed by atoms with Crippen LogP contribution in [0.4, 0.5) is 0 Å². The number of alkyl halides is 1. The number of nitriles is 1. The Hall–Kier alpha value is -0.0300. The van der Waals surface area contributed by atoms with Gasteiger partial charge in [0.2, 0.25) is 0 Å². The molecule has 0 aromatic carbocycles. The fraction of sp³-hybridized carbons (Fsp3) is 0.889. The molecule has 2 heteroatoms. The van der Waals surface area contributed by atoms with Crippen molar-refractivity contribution in [1.29, 1.82) is 5.26 Å². The van der Waals surface area contributed by atoms with Crippen molar-refractivity contribution < 1.29 is 0 Å². The second kappa shape index (κ2) is 3.15. The summed E-state index contributed by atoms with van der Waals surface area (Å²) in [5.41, 5.74) is 0. The molecule has 3 atom stereocenters. The Kier molecular flexibility index (Phi) is 2.59. The molecule has 3 unspecified atom stereocenters. The third kappa shape index (κ3) is 1.76. The van der Waals surface area contributed by atoms with Crippen LogP contribution in [0.3, 0.4) is 0 Å². The van der Waals surface area contributed by atoms with E-state index in [1.165, 1.54) is 12.8 Å². The maximum absolute atomic E-state index is 8.94. The van der Waals surface area contributed by atoms with Crippen molar-refractivity contribution in [3.05, 3.63) is 0 Å². The maximum atomic E-state index is 8.94. The molecule has 0 aromatic rings. The van der Waals surface area contributed by atoms with Crippen molar-refractivity contribution in [3.8, 4) is 6.07 Å². The molecular weight excluding hydrogens is 202 g/mol. The van der Waals surface area contributed by atoms with Gasteiger partial charge >= 0.3 is 0 Å². The highest BCUT2D eigenvalue weighted by Crippen LogP contribution is 2.42. The summed E-state index contributed by atoms with van der Waals surface area (Å²) in [6, 6.07) is 2.38. The van der Waals surface area contributed by atoms with Crippen LogP contribution in [0, 0.1) is 23.2 Å². The van der Waals surface area contributed by atoms with Crippen molar-refractivity contribution in [3.63, 3.8) is 0 Å². The van der Waals surface area contributed by atoms with Gasteiger partial charge < -0.3 is 0 Å². The van der Waals surface area contributed by atoms with E-state index in [4.69, 9.17) is 5.26 Å². The fourth-order valence-electron chi connectivity index (χ4n) is 1.73. The smallest absolute Gasteiger partial charge is 0.115 e. The zero-order valence-electron chi connectivity index (χ0n) is 7.10. The Balaban J connectivity index is 2.70. The molecule has 0 spiro atoms. The van der Waals surface area contributed by atoms with Crippen LogP contribution in [0.15, 0.2) is 0 Å². The molecule has 11 heavy (non-hydrogen) atoms. The quantitative estimate of drug-likeness (QED) is 0.571. The Morgan fingerprint density at radius 3 is 2.55 bits per heavy atom. The van der Waals surface area contributed by atoms with Crippen LogP contribution in [-0.4, -0.2) is 4.32 Å². The third-order valence-corrected chi connectivity index (χ3v) is 3.99. The van der Waals surface area contributed by atoms with Gasteiger partial charge in [-0.2, -0.15) is 5.26 Å². The third-order valence-electron chi connectivity index (χ3n) is 2.70. The van der Waals surface area contributed by atoms with Crippen LogP contribution in [0.25, 0.3) is 0 Å². The van der Waals surface area contributed by atoms with Gasteiger partial charge in [0.1, 0.15) is 4.32 Å². The van der Waals surface area contributed by atoms with Gasteiger partial charge in [-0.15, -0.1) is 0 Å². The summed E-state index contributed by atoms with van der Waals surface area (Å²) in [6.07, 6.45) is 3.46. The summed E-state index contributed by atoms with van der Waals surface area (Å²) in [5, 5.41) is 8.94. The zero-order chi connectivity index (χ0) is 8.48. The van der Waals surface area contributed by atoms with E-state index in [0.29, 0.717) is 11.8 Å². The predicted molar refractivity (Wildman–Crippen MR) is 49.5 cm³/mol. The van der Waals surface area contributed by atoms with E-state index < -0.39 is 0 Å². The minimum atomic E-state index is -0.231. The second-order valence-corrected chi connectivity index (χ2v) is 5.18. The molecule has 0 aromatic heterocycles. The van der Waals surface area contributed by atoms with Gasteiger partial charge in [0, 0.05) is 0 Å². The molecule has 0 aliphatic heterocycles. The molecule has 0 heterocycles. The van der Waals surface area contributed by atoms with Crippen molar-refractivity contribution >= 4 is 15.9 Å². The first kappa shape index (κ1) is 9.06. The van der Waals surface area contributed by atoms with Crippen molar-refractivity contribution in [2.45, 2.75) is 37.4 Å². The zero-order valence-corrected chi connectivity index (χ0v) is 8.69. The van der Waals surface area contributed by atoms with E-state index in [2.05, 4.69) is 35.8 Å². The second-order valence-electron chi connectivity index (χ2n) is 3.76. The number of rotatable bonds is 0. The van der Waals surface area contributed by atoms with Gasteiger partial charge in [0.05, 0.1) is 6.07 Å². The van der Waals surface area contributed by atoms with Gasteiger partial charge in [0.25, 0.3) is 0 Å². The summed E-state index contributed by atoms with van der Waals surface area (Å²) in [7, 11) is 0. The highest BCUT2D eigenvalue weighted by Gasteiger charge is 2.38. The molecule has 1 nitrogen and oxygen atoms in total. The fourth-order valence-corrected chi connectivity index (χ4v) is 2.51. The van der Waals surface area contributed by atoms with Crippen LogP contribution < -0.4 is 0 Å². The SMILES string of the molecule is CC1CCC(C)C(Br)(C#N)C1. The van der Waals surface area contributed by atoms with E-state index >= 15 is 0 Å². The topological polar surface area (TPSA) is 23.8 Å². The van der Waals surface area contributed by atoms with Crippen molar-refractivity contribution in [2.75, 3.05) is 0 Å². The number of nitrogens with zero attached hydrogens (tertiary/aromatic N) is 1. The van der Waals surface area contributed by atoms with E-state index in [-0.39, 0.29) is 4.32 Å². The molecule has 1 saturated carbocycles. The summed E-state index contributed by atoms with van der Waals surface area (Å²) in [5.74, 6) is 1.20. The minimum absolute atomic E-state index is 0.231. The molecule has 1 fully saturated rings. The highest BCUT2D eigenvalue weighted by atomic mass is 79.9. The predicted octanol–water partition coefficient (Wildman–Crippen LogP) is 3.10. The van der Waals surface area contributed by atoms with Crippen molar-refractivity contribution in [1.82, 2.24) is 0 Å². The lowest BCUT2D eigenvalue weighted by molar-refractivity contribution is 0.281. The number of halogens is 1. The van der Waals surface area contributed by atoms with Crippen LogP contribution in [0.1, 0.15) is 33.1 Å². The van der Waals surface area contributed by atoms with Gasteiger partial charge in [-0.05, 0) is 24.7 Å². The summed E-state index contributed by atoms with van der Waals surface area (Å²) >= 11 is 3.54. The molecule has 0 radical (unpaired) electrons. The normalized spacial score (nSPS) is 44.9. The summed E-state index contributed by atoms with van der Waals surface area (Å²) < 4.78 is -0.231. The van der Waals surface area contributed by atoms with Gasteiger partial charge in [-0.25, -0.2) is 0 Å². The van der Waals surface area contributed by atoms with Crippen molar-refractivity contribution in [2.24, 2.45) is 11.8 Å². The molecule has 1 rings (SSSR count). The minimum Gasteiger partial charge on any atom is -0.197 e. The van der Waals surface area contributed by atoms with E-state index in [1.807, 2.05) is 0 Å². The van der Waals surface area contributed by atoms with Crippen LogP contribution in [0.5, 0.6) is 0 Å². The maximum Gasteiger partial charge on any atom is 0.115 e. The molecule has 0 bridgehead atoms. The lowest BCUT2D eigenvalue weighted by Crippen LogP contribution is -2.34.